The maximum Gasteiger partial charge on any atom is 0.366 e. The fraction of sp³-hybridized carbons (Fsp3) is 0.571. The first kappa shape index (κ1) is 9.91. The van der Waals surface area contributed by atoms with Gasteiger partial charge >= 0.3 is 5.69 Å². The van der Waals surface area contributed by atoms with E-state index in [1.165, 1.54) is 0 Å². The molecule has 0 unspecified atom stereocenters. The van der Waals surface area contributed by atoms with Gasteiger partial charge in [0.05, 0.1) is 0 Å². The molecule has 0 amide bonds. The van der Waals surface area contributed by atoms with Gasteiger partial charge in [0.15, 0.2) is 0 Å². The fourth-order valence-electron chi connectivity index (χ4n) is 0.726. The van der Waals surface area contributed by atoms with Crippen molar-refractivity contribution in [2.75, 3.05) is 5.73 Å². The fourth-order valence-corrected chi connectivity index (χ4v) is 1.51. The summed E-state index contributed by atoms with van der Waals surface area (Å²) < 4.78 is 0.981. The van der Waals surface area contributed by atoms with E-state index in [9.17, 15) is 9.59 Å². The third-order valence-corrected chi connectivity index (χ3v) is 2.17. The highest BCUT2D eigenvalue weighted by Crippen LogP contribution is 2.17. The minimum atomic E-state index is -0.595. The van der Waals surface area contributed by atoms with Crippen molar-refractivity contribution in [1.29, 1.82) is 0 Å². The van der Waals surface area contributed by atoms with Crippen LogP contribution in [0.5, 0.6) is 0 Å². The SMILES string of the molecule is CC(C)(C)C(=O)n1sc(N)nc1=O. The van der Waals surface area contributed by atoms with Crippen molar-refractivity contribution in [2.45, 2.75) is 20.8 Å². The molecule has 13 heavy (non-hydrogen) atoms. The summed E-state index contributed by atoms with van der Waals surface area (Å²) in [6, 6.07) is 0. The lowest BCUT2D eigenvalue weighted by atomic mass is 9.96. The van der Waals surface area contributed by atoms with Gasteiger partial charge in [-0.25, -0.2) is 4.79 Å². The van der Waals surface area contributed by atoms with Gasteiger partial charge in [-0.1, -0.05) is 20.8 Å². The van der Waals surface area contributed by atoms with Crippen LogP contribution in [0.25, 0.3) is 0 Å². The molecule has 0 aromatic carbocycles. The molecular formula is C7H11N3O2S. The van der Waals surface area contributed by atoms with Gasteiger partial charge in [0, 0.05) is 5.41 Å². The number of hydrogen-bond donors (Lipinski definition) is 1. The zero-order chi connectivity index (χ0) is 10.2. The zero-order valence-electron chi connectivity index (χ0n) is 7.70. The molecule has 2 N–H and O–H groups in total. The molecule has 0 aliphatic carbocycles. The molecule has 5 nitrogen and oxygen atoms in total. The van der Waals surface area contributed by atoms with Crippen molar-refractivity contribution in [3.05, 3.63) is 10.5 Å². The number of anilines is 1. The quantitative estimate of drug-likeness (QED) is 0.665. The van der Waals surface area contributed by atoms with E-state index in [0.29, 0.717) is 0 Å². The molecule has 0 radical (unpaired) electrons. The zero-order valence-corrected chi connectivity index (χ0v) is 8.51. The Morgan fingerprint density at radius 2 is 2.08 bits per heavy atom. The van der Waals surface area contributed by atoms with E-state index >= 15 is 0 Å². The maximum absolute atomic E-state index is 11.6. The first-order valence-electron chi connectivity index (χ1n) is 3.73. The highest BCUT2D eigenvalue weighted by Gasteiger charge is 2.25. The van der Waals surface area contributed by atoms with E-state index in [-0.39, 0.29) is 11.0 Å². The van der Waals surface area contributed by atoms with Gasteiger partial charge in [-0.3, -0.25) is 4.79 Å². The van der Waals surface area contributed by atoms with Crippen LogP contribution < -0.4 is 11.4 Å². The number of rotatable bonds is 0. The van der Waals surface area contributed by atoms with Crippen LogP contribution in [0.3, 0.4) is 0 Å². The van der Waals surface area contributed by atoms with E-state index in [0.717, 1.165) is 15.5 Å². The minimum Gasteiger partial charge on any atom is -0.374 e. The van der Waals surface area contributed by atoms with E-state index in [2.05, 4.69) is 4.98 Å². The first-order valence-corrected chi connectivity index (χ1v) is 4.50. The molecule has 0 saturated heterocycles. The third kappa shape index (κ3) is 1.95. The number of nitrogens with zero attached hydrogens (tertiary/aromatic N) is 2. The summed E-state index contributed by atoms with van der Waals surface area (Å²) in [7, 11) is 0. The Kier molecular flexibility index (Phi) is 2.25. The predicted molar refractivity (Wildman–Crippen MR) is 50.9 cm³/mol. The Balaban J connectivity index is 3.17. The second-order valence-electron chi connectivity index (χ2n) is 3.67. The van der Waals surface area contributed by atoms with Crippen LogP contribution >= 0.6 is 11.5 Å². The Labute approximate surface area is 79.3 Å². The number of nitrogens with two attached hydrogens (primary N) is 1. The molecule has 0 bridgehead atoms. The highest BCUT2D eigenvalue weighted by atomic mass is 32.1. The average molecular weight is 201 g/mol. The molecule has 0 fully saturated rings. The summed E-state index contributed by atoms with van der Waals surface area (Å²) in [6.45, 7) is 5.20. The molecule has 0 aliphatic rings. The van der Waals surface area contributed by atoms with Crippen molar-refractivity contribution in [3.63, 3.8) is 0 Å². The smallest absolute Gasteiger partial charge is 0.366 e. The molecule has 72 valence electrons. The topological polar surface area (TPSA) is 78.0 Å². The van der Waals surface area contributed by atoms with Gasteiger partial charge in [-0.05, 0) is 11.5 Å². The van der Waals surface area contributed by atoms with Gasteiger partial charge in [0.2, 0.25) is 11.0 Å². The largest absolute Gasteiger partial charge is 0.374 e. The lowest BCUT2D eigenvalue weighted by Crippen LogP contribution is -2.32. The third-order valence-electron chi connectivity index (χ3n) is 1.39. The molecule has 1 heterocycles. The van der Waals surface area contributed by atoms with Gasteiger partial charge < -0.3 is 5.73 Å². The van der Waals surface area contributed by atoms with Crippen LogP contribution in [0.15, 0.2) is 4.79 Å². The van der Waals surface area contributed by atoms with Gasteiger partial charge in [0.1, 0.15) is 0 Å². The number of carbonyl (C=O) groups excluding carboxylic acids is 1. The van der Waals surface area contributed by atoms with Crippen molar-refractivity contribution < 1.29 is 4.79 Å². The molecule has 0 saturated carbocycles. The summed E-state index contributed by atoms with van der Waals surface area (Å²) in [6.07, 6.45) is 0. The van der Waals surface area contributed by atoms with E-state index in [1.807, 2.05) is 0 Å². The van der Waals surface area contributed by atoms with Crippen LogP contribution in [0.2, 0.25) is 0 Å². The van der Waals surface area contributed by atoms with E-state index in [4.69, 9.17) is 5.73 Å². The molecular weight excluding hydrogens is 190 g/mol. The van der Waals surface area contributed by atoms with Crippen LogP contribution in [0.1, 0.15) is 25.6 Å². The van der Waals surface area contributed by atoms with Crippen LogP contribution in [-0.2, 0) is 0 Å². The minimum absolute atomic E-state index is 0.114. The van der Waals surface area contributed by atoms with Crippen molar-refractivity contribution in [3.8, 4) is 0 Å². The number of nitrogen functional groups attached to an aromatic ring is 1. The second kappa shape index (κ2) is 2.95. The van der Waals surface area contributed by atoms with Crippen molar-refractivity contribution >= 4 is 22.6 Å². The molecule has 6 heteroatoms. The second-order valence-corrected chi connectivity index (χ2v) is 4.64. The lowest BCUT2D eigenvalue weighted by Gasteiger charge is -2.14. The monoisotopic (exact) mass is 201 g/mol. The summed E-state index contributed by atoms with van der Waals surface area (Å²) in [4.78, 5) is 26.1. The Morgan fingerprint density at radius 1 is 1.54 bits per heavy atom. The Hall–Kier alpha value is -1.17. The number of carbonyl (C=O) groups is 1. The Morgan fingerprint density at radius 3 is 2.38 bits per heavy atom. The van der Waals surface area contributed by atoms with Crippen LogP contribution in [-0.4, -0.2) is 14.8 Å². The molecule has 1 rings (SSSR count). The molecule has 0 spiro atoms. The molecule has 0 atom stereocenters. The maximum atomic E-state index is 11.6. The summed E-state index contributed by atoms with van der Waals surface area (Å²) in [5.74, 6) is -0.285. The molecule has 1 aromatic heterocycles. The molecule has 1 aromatic rings. The van der Waals surface area contributed by atoms with E-state index in [1.54, 1.807) is 20.8 Å². The number of hydrogen-bond acceptors (Lipinski definition) is 5. The predicted octanol–water partition coefficient (Wildman–Crippen LogP) is 0.573. The van der Waals surface area contributed by atoms with Gasteiger partial charge in [-0.15, -0.1) is 0 Å². The number of aromatic nitrogens is 2. The summed E-state index contributed by atoms with van der Waals surface area (Å²) >= 11 is 0.871. The van der Waals surface area contributed by atoms with Gasteiger partial charge in [-0.2, -0.15) is 8.94 Å². The van der Waals surface area contributed by atoms with Crippen molar-refractivity contribution in [1.82, 2.24) is 8.94 Å². The highest BCUT2D eigenvalue weighted by molar-refractivity contribution is 7.11. The average Bonchev–Trinajstić information content (AvgIpc) is 2.26. The van der Waals surface area contributed by atoms with E-state index < -0.39 is 11.1 Å². The summed E-state index contributed by atoms with van der Waals surface area (Å²) in [5.41, 5.74) is 4.11. The summed E-state index contributed by atoms with van der Waals surface area (Å²) in [5, 5.41) is 0.114. The van der Waals surface area contributed by atoms with Crippen LogP contribution in [0, 0.1) is 5.41 Å². The van der Waals surface area contributed by atoms with Crippen LogP contribution in [0.4, 0.5) is 5.13 Å². The Bertz CT molecular complexity index is 385. The van der Waals surface area contributed by atoms with Gasteiger partial charge in [0.25, 0.3) is 0 Å². The standard InChI is InChI=1S/C7H11N3O2S/c1-7(2,3)4(11)10-6(12)9-5(8)13-10/h1-3H3,(H2,8,9,12). The van der Waals surface area contributed by atoms with Crippen molar-refractivity contribution in [2.24, 2.45) is 5.41 Å². The molecule has 0 aliphatic heterocycles. The normalized spacial score (nSPS) is 11.6. The first-order chi connectivity index (χ1) is 5.82. The lowest BCUT2D eigenvalue weighted by molar-refractivity contribution is 0.0776.